The number of nitrogens with two attached hydrogens (primary N) is 1. The second kappa shape index (κ2) is 11.2. The fourth-order valence-corrected chi connectivity index (χ4v) is 4.50. The summed E-state index contributed by atoms with van der Waals surface area (Å²) < 4.78 is 12.1. The van der Waals surface area contributed by atoms with Crippen LogP contribution < -0.4 is 27.1 Å². The highest BCUT2D eigenvalue weighted by Crippen LogP contribution is 2.36. The molecule has 0 spiro atoms. The number of carbonyl (C=O) groups is 4. The Morgan fingerprint density at radius 1 is 0.897 bits per heavy atom. The summed E-state index contributed by atoms with van der Waals surface area (Å²) in [7, 11) is -0.514. The van der Waals surface area contributed by atoms with E-state index in [1.54, 1.807) is 0 Å². The van der Waals surface area contributed by atoms with Crippen LogP contribution in [0.25, 0.3) is 0 Å². The van der Waals surface area contributed by atoms with Crippen LogP contribution in [-0.4, -0.2) is 60.1 Å². The molecule has 4 rings (SSSR count). The number of hydrogen-bond acceptors (Lipinski definition) is 6. The smallest absolute Gasteiger partial charge is 0.399 e. The Balaban J connectivity index is 1.31. The SMILES string of the molecule is CC1(C)OB(c2ccc(C[C@H](NC(=O)C[C@@H]3NC(=O)[C@H](Cc4ccccc4)NC3=O)C(N)=O)cc2)OC1(C)C. The third-order valence-electron chi connectivity index (χ3n) is 7.56. The number of nitrogens with one attached hydrogen (secondary N) is 3. The maximum absolute atomic E-state index is 12.7. The van der Waals surface area contributed by atoms with Crippen LogP contribution in [0.3, 0.4) is 0 Å². The number of rotatable bonds is 9. The summed E-state index contributed by atoms with van der Waals surface area (Å²) in [6.45, 7) is 7.92. The highest BCUT2D eigenvalue weighted by molar-refractivity contribution is 6.62. The lowest BCUT2D eigenvalue weighted by Crippen LogP contribution is -2.63. The van der Waals surface area contributed by atoms with Crippen molar-refractivity contribution in [2.24, 2.45) is 5.73 Å². The molecule has 3 atom stereocenters. The van der Waals surface area contributed by atoms with Crippen molar-refractivity contribution in [3.8, 4) is 0 Å². The first-order chi connectivity index (χ1) is 18.3. The van der Waals surface area contributed by atoms with E-state index in [9.17, 15) is 19.2 Å². The molecule has 39 heavy (non-hydrogen) atoms. The predicted octanol–water partition coefficient (Wildman–Crippen LogP) is 0.114. The van der Waals surface area contributed by atoms with Crippen molar-refractivity contribution in [3.63, 3.8) is 0 Å². The van der Waals surface area contributed by atoms with Gasteiger partial charge in [0.05, 0.1) is 17.6 Å². The van der Waals surface area contributed by atoms with Crippen molar-refractivity contribution < 1.29 is 28.5 Å². The van der Waals surface area contributed by atoms with E-state index < -0.39 is 54.2 Å². The molecule has 206 valence electrons. The van der Waals surface area contributed by atoms with Crippen molar-refractivity contribution >= 4 is 36.2 Å². The summed E-state index contributed by atoms with van der Waals surface area (Å²) in [5.41, 5.74) is 7.14. The van der Waals surface area contributed by atoms with Crippen molar-refractivity contribution in [3.05, 3.63) is 65.7 Å². The van der Waals surface area contributed by atoms with E-state index in [1.807, 2.05) is 82.3 Å². The van der Waals surface area contributed by atoms with E-state index in [0.717, 1.165) is 16.6 Å². The zero-order valence-corrected chi connectivity index (χ0v) is 22.7. The van der Waals surface area contributed by atoms with Gasteiger partial charge in [0.1, 0.15) is 18.1 Å². The van der Waals surface area contributed by atoms with Crippen LogP contribution in [0.4, 0.5) is 0 Å². The van der Waals surface area contributed by atoms with Crippen LogP contribution in [0.2, 0.25) is 0 Å². The van der Waals surface area contributed by atoms with Gasteiger partial charge in [0.2, 0.25) is 23.6 Å². The van der Waals surface area contributed by atoms with Crippen LogP contribution in [0, 0.1) is 0 Å². The van der Waals surface area contributed by atoms with Gasteiger partial charge in [0.25, 0.3) is 0 Å². The zero-order chi connectivity index (χ0) is 28.4. The summed E-state index contributed by atoms with van der Waals surface area (Å²) in [5, 5.41) is 7.89. The monoisotopic (exact) mass is 534 g/mol. The molecule has 2 heterocycles. The number of hydrogen-bond donors (Lipinski definition) is 4. The lowest BCUT2D eigenvalue weighted by atomic mass is 9.78. The van der Waals surface area contributed by atoms with Gasteiger partial charge in [-0.05, 0) is 44.3 Å². The Kier molecular flexibility index (Phi) is 8.13. The van der Waals surface area contributed by atoms with Gasteiger partial charge in [0.15, 0.2) is 0 Å². The average Bonchev–Trinajstić information content (AvgIpc) is 3.09. The van der Waals surface area contributed by atoms with Crippen molar-refractivity contribution in [2.45, 2.75) is 76.3 Å². The molecule has 2 aliphatic rings. The fraction of sp³-hybridized carbons (Fsp3) is 0.429. The number of amides is 4. The summed E-state index contributed by atoms with van der Waals surface area (Å²) in [6.07, 6.45) is 0.182. The minimum atomic E-state index is -1.04. The second-order valence-electron chi connectivity index (χ2n) is 11.1. The molecule has 2 aliphatic heterocycles. The van der Waals surface area contributed by atoms with Gasteiger partial charge in [-0.2, -0.15) is 0 Å². The van der Waals surface area contributed by atoms with E-state index in [4.69, 9.17) is 15.0 Å². The third kappa shape index (κ3) is 6.66. The standard InChI is InChI=1S/C28H35BN4O6/c1-27(2)28(3,4)39-29(38-27)19-12-10-18(11-13-19)14-20(24(30)35)31-23(34)16-22-26(37)32-21(25(36)33-22)15-17-8-6-5-7-9-17/h5-13,20-22H,14-16H2,1-4H3,(H2,30,35)(H,31,34)(H,32,37)(H,33,36)/t20-,21-,22-/m0/s1. The van der Waals surface area contributed by atoms with Gasteiger partial charge in [-0.1, -0.05) is 54.6 Å². The molecule has 2 fully saturated rings. The van der Waals surface area contributed by atoms with Gasteiger partial charge in [-0.3, -0.25) is 19.2 Å². The molecule has 0 aromatic heterocycles. The van der Waals surface area contributed by atoms with E-state index in [-0.39, 0.29) is 18.7 Å². The van der Waals surface area contributed by atoms with Gasteiger partial charge in [-0.15, -0.1) is 0 Å². The second-order valence-corrected chi connectivity index (χ2v) is 11.1. The van der Waals surface area contributed by atoms with Crippen molar-refractivity contribution in [1.29, 1.82) is 0 Å². The number of benzene rings is 2. The van der Waals surface area contributed by atoms with Gasteiger partial charge < -0.3 is 31.0 Å². The molecule has 0 aliphatic carbocycles. The Morgan fingerprint density at radius 2 is 1.46 bits per heavy atom. The molecule has 0 bridgehead atoms. The maximum Gasteiger partial charge on any atom is 0.494 e. The summed E-state index contributed by atoms with van der Waals surface area (Å²) in [5.74, 6) is -2.11. The largest absolute Gasteiger partial charge is 0.494 e. The van der Waals surface area contributed by atoms with Crippen LogP contribution in [-0.2, 0) is 41.3 Å². The molecule has 2 saturated heterocycles. The Morgan fingerprint density at radius 3 is 2.05 bits per heavy atom. The zero-order valence-electron chi connectivity index (χ0n) is 22.7. The molecule has 0 unspecified atom stereocenters. The molecular formula is C28H35BN4O6. The molecule has 4 amide bonds. The first kappa shape index (κ1) is 28.3. The summed E-state index contributed by atoms with van der Waals surface area (Å²) >= 11 is 0. The average molecular weight is 534 g/mol. The van der Waals surface area contributed by atoms with Crippen molar-refractivity contribution in [2.75, 3.05) is 0 Å². The van der Waals surface area contributed by atoms with Gasteiger partial charge in [0, 0.05) is 12.8 Å². The molecule has 0 radical (unpaired) electrons. The Labute approximate surface area is 228 Å². The molecule has 0 saturated carbocycles. The summed E-state index contributed by atoms with van der Waals surface area (Å²) in [6, 6.07) is 13.9. The minimum Gasteiger partial charge on any atom is -0.399 e. The topological polar surface area (TPSA) is 149 Å². The highest BCUT2D eigenvalue weighted by Gasteiger charge is 2.51. The fourth-order valence-electron chi connectivity index (χ4n) is 4.50. The van der Waals surface area contributed by atoms with Gasteiger partial charge in [-0.25, -0.2) is 0 Å². The first-order valence-corrected chi connectivity index (χ1v) is 13.0. The Bertz CT molecular complexity index is 1220. The van der Waals surface area contributed by atoms with E-state index >= 15 is 0 Å². The van der Waals surface area contributed by atoms with Crippen LogP contribution in [0.1, 0.15) is 45.2 Å². The number of primary amides is 1. The summed E-state index contributed by atoms with van der Waals surface area (Å²) in [4.78, 5) is 50.0. The normalized spacial score (nSPS) is 22.5. The number of piperazine rings is 1. The Hall–Kier alpha value is -3.70. The van der Waals surface area contributed by atoms with E-state index in [0.29, 0.717) is 6.42 Å². The molecular weight excluding hydrogens is 499 g/mol. The van der Waals surface area contributed by atoms with Gasteiger partial charge >= 0.3 is 7.12 Å². The van der Waals surface area contributed by atoms with Crippen LogP contribution in [0.5, 0.6) is 0 Å². The molecule has 2 aromatic rings. The molecule has 11 heteroatoms. The first-order valence-electron chi connectivity index (χ1n) is 13.0. The third-order valence-corrected chi connectivity index (χ3v) is 7.56. The van der Waals surface area contributed by atoms with E-state index in [1.165, 1.54) is 0 Å². The predicted molar refractivity (Wildman–Crippen MR) is 146 cm³/mol. The molecule has 10 nitrogen and oxygen atoms in total. The van der Waals surface area contributed by atoms with Crippen LogP contribution >= 0.6 is 0 Å². The lowest BCUT2D eigenvalue weighted by Gasteiger charge is -2.32. The minimum absolute atomic E-state index is 0.160. The quantitative estimate of drug-likeness (QED) is 0.336. The number of carbonyl (C=O) groups excluding carboxylic acids is 4. The maximum atomic E-state index is 12.7. The lowest BCUT2D eigenvalue weighted by molar-refractivity contribution is -0.138. The van der Waals surface area contributed by atoms with E-state index in [2.05, 4.69) is 16.0 Å². The van der Waals surface area contributed by atoms with Crippen LogP contribution in [0.15, 0.2) is 54.6 Å². The highest BCUT2D eigenvalue weighted by atomic mass is 16.7. The van der Waals surface area contributed by atoms with Crippen molar-refractivity contribution in [1.82, 2.24) is 16.0 Å². The molecule has 2 aromatic carbocycles. The molecule has 5 N–H and O–H groups in total.